The van der Waals surface area contributed by atoms with Gasteiger partial charge in [0.15, 0.2) is 0 Å². The van der Waals surface area contributed by atoms with Crippen LogP contribution < -0.4 is 0 Å². The molecule has 0 aliphatic heterocycles. The van der Waals surface area contributed by atoms with Gasteiger partial charge in [0.25, 0.3) is 0 Å². The van der Waals surface area contributed by atoms with E-state index in [9.17, 15) is 8.22 Å². The molecular formula is C42H26N2S. The Morgan fingerprint density at radius 2 is 1.07 bits per heavy atom. The first-order valence-electron chi connectivity index (χ1n) is 26.1. The van der Waals surface area contributed by atoms with Gasteiger partial charge >= 0.3 is 0 Å². The normalized spacial score (nSPS) is 19.6. The third kappa shape index (κ3) is 4.40. The van der Waals surface area contributed by atoms with E-state index in [1.54, 1.807) is 0 Å². The van der Waals surface area contributed by atoms with Crippen molar-refractivity contribution in [1.82, 2.24) is 9.97 Å². The molecule has 9 rings (SSSR count). The lowest BCUT2D eigenvalue weighted by molar-refractivity contribution is 1.37. The highest BCUT2D eigenvalue weighted by Gasteiger charge is 2.13. The lowest BCUT2D eigenvalue weighted by atomic mass is 9.93. The molecule has 0 saturated heterocycles. The third-order valence-electron chi connectivity index (χ3n) is 6.82. The molecule has 0 atom stereocenters. The van der Waals surface area contributed by atoms with Crippen LogP contribution in [0.3, 0.4) is 0 Å². The zero-order valence-electron chi connectivity index (χ0n) is 48.3. The van der Waals surface area contributed by atoms with Crippen LogP contribution in [0.4, 0.5) is 0 Å². The number of pyridine rings is 2. The smallest absolute Gasteiger partial charge is 0.0972 e. The fraction of sp³-hybridized carbons (Fsp3) is 0. The van der Waals surface area contributed by atoms with Crippen LogP contribution in [0.1, 0.15) is 35.6 Å². The maximum absolute atomic E-state index is 9.39. The molecule has 0 N–H and O–H groups in total. The second kappa shape index (κ2) is 10.5. The summed E-state index contributed by atoms with van der Waals surface area (Å²) in [5, 5.41) is -3.02. The average molecular weight is 617 g/mol. The van der Waals surface area contributed by atoms with E-state index in [1.807, 2.05) is 0 Å². The molecule has 3 aromatic heterocycles. The van der Waals surface area contributed by atoms with E-state index in [2.05, 4.69) is 9.97 Å². The molecule has 0 unspecified atom stereocenters. The predicted octanol–water partition coefficient (Wildman–Crippen LogP) is 11.8. The van der Waals surface area contributed by atoms with Crippen molar-refractivity contribution in [2.24, 2.45) is 0 Å². The summed E-state index contributed by atoms with van der Waals surface area (Å²) in [4.78, 5) is 7.67. The van der Waals surface area contributed by atoms with Crippen LogP contribution in [0.5, 0.6) is 0 Å². The summed E-state index contributed by atoms with van der Waals surface area (Å²) < 4.78 is 229. The molecule has 45 heavy (non-hydrogen) atoms. The number of hydrogen-bond acceptors (Lipinski definition) is 3. The average Bonchev–Trinajstić information content (AvgIpc) is 3.61. The SMILES string of the molecule is [2H]c1nc2c(c([2H])c1[2H])c([2H])c([2H])c1c([2H])c([2H])c(-c3c([2H])c([2H])c(-c4c([2H])c([2H])c(-c5sc(-c6c([2H])c([2H])c([2H])c7c([2H])c([2H])c([2H])c([2H])c67)c([2H])c5[2H])c([2H])c4[2H])c4c([2H])c([2H])c([2H])c([2H])c34)nc12. The van der Waals surface area contributed by atoms with E-state index in [0.717, 1.165) is 0 Å². The molecule has 3 heterocycles. The molecular weight excluding hydrogens is 565 g/mol. The standard InChI is InChI=1S/C42H26N2S/c1-2-10-32-27(7-1)8-5-13-37(32)40-25-24-39(45-40)29-16-14-28(15-17-29)33-21-22-36(35-12-4-3-11-34(33)35)38-23-20-31-19-18-30-9-6-26-43-41(30)42(31)44-38/h1-26H/i1D,2D,3D,4D,5D,6D,7D,8D,9D,10D,11D,12D,13D,14D,15D,16D,17D,18D,19D,20D,21D,22D,23D,24D,25D,26D. The van der Waals surface area contributed by atoms with Crippen molar-refractivity contribution in [1.29, 1.82) is 0 Å². The molecule has 0 aliphatic carbocycles. The first kappa shape index (κ1) is 10.8. The summed E-state index contributed by atoms with van der Waals surface area (Å²) in [6, 6.07) is -20.4. The van der Waals surface area contributed by atoms with Crippen LogP contribution in [-0.4, -0.2) is 9.97 Å². The van der Waals surface area contributed by atoms with Gasteiger partial charge in [0, 0.05) is 32.3 Å². The number of hydrogen-bond donors (Lipinski definition) is 0. The molecule has 0 aliphatic rings. The van der Waals surface area contributed by atoms with Crippen molar-refractivity contribution in [3.8, 4) is 43.3 Å². The molecule has 2 nitrogen and oxygen atoms in total. The Hall–Kier alpha value is -5.64. The molecule has 0 saturated carbocycles. The maximum atomic E-state index is 9.39. The molecule has 0 amide bonds. The van der Waals surface area contributed by atoms with E-state index < -0.39 is 239 Å². The van der Waals surface area contributed by atoms with Crippen LogP contribution in [0.15, 0.2) is 157 Å². The molecule has 210 valence electrons. The lowest BCUT2D eigenvalue weighted by Crippen LogP contribution is -1.91. The zero-order chi connectivity index (χ0) is 52.4. The van der Waals surface area contributed by atoms with Crippen molar-refractivity contribution in [3.05, 3.63) is 157 Å². The molecule has 0 spiro atoms. The Morgan fingerprint density at radius 3 is 1.93 bits per heavy atom. The van der Waals surface area contributed by atoms with Gasteiger partial charge in [0.1, 0.15) is 0 Å². The number of fused-ring (bicyclic) bond motifs is 5. The van der Waals surface area contributed by atoms with Gasteiger partial charge in [-0.15, -0.1) is 11.3 Å². The maximum Gasteiger partial charge on any atom is 0.0972 e. The first-order valence-corrected chi connectivity index (χ1v) is 13.9. The van der Waals surface area contributed by atoms with Gasteiger partial charge in [-0.05, 0) is 68.0 Å². The third-order valence-corrected chi connectivity index (χ3v) is 7.84. The Bertz CT molecular complexity index is 3980. The Kier molecular flexibility index (Phi) is 2.51. The van der Waals surface area contributed by atoms with Crippen LogP contribution >= 0.6 is 11.3 Å². The van der Waals surface area contributed by atoms with E-state index in [4.69, 9.17) is 27.4 Å². The summed E-state index contributed by atoms with van der Waals surface area (Å²) in [6.45, 7) is 0. The first-order chi connectivity index (χ1) is 33.1. The fourth-order valence-corrected chi connectivity index (χ4v) is 5.63. The van der Waals surface area contributed by atoms with Gasteiger partial charge in [0.05, 0.1) is 52.4 Å². The molecule has 9 aromatic rings. The number of rotatable bonds is 4. The number of thiophene rings is 1. The van der Waals surface area contributed by atoms with Crippen molar-refractivity contribution in [2.75, 3.05) is 0 Å². The second-order valence-corrected chi connectivity index (χ2v) is 10.4. The van der Waals surface area contributed by atoms with Crippen LogP contribution in [-0.2, 0) is 0 Å². The summed E-state index contributed by atoms with van der Waals surface area (Å²) >= 11 is 0.468. The second-order valence-electron chi connectivity index (χ2n) is 9.39. The van der Waals surface area contributed by atoms with Crippen molar-refractivity contribution >= 4 is 54.7 Å². The minimum Gasteiger partial charge on any atom is -0.254 e. The number of benzene rings is 6. The van der Waals surface area contributed by atoms with Crippen molar-refractivity contribution in [3.63, 3.8) is 0 Å². The number of aromatic nitrogens is 2. The van der Waals surface area contributed by atoms with E-state index in [0.29, 0.717) is 11.3 Å². The van der Waals surface area contributed by atoms with Crippen LogP contribution in [0.25, 0.3) is 86.6 Å². The largest absolute Gasteiger partial charge is 0.254 e. The molecule has 3 heteroatoms. The molecule has 0 bridgehead atoms. The van der Waals surface area contributed by atoms with Gasteiger partial charge in [-0.2, -0.15) is 0 Å². The van der Waals surface area contributed by atoms with E-state index >= 15 is 0 Å². The van der Waals surface area contributed by atoms with Gasteiger partial charge in [-0.25, -0.2) is 4.98 Å². The monoisotopic (exact) mass is 616 g/mol. The molecule has 6 aromatic carbocycles. The van der Waals surface area contributed by atoms with Gasteiger partial charge in [0.2, 0.25) is 0 Å². The highest BCUT2D eigenvalue weighted by molar-refractivity contribution is 7.18. The van der Waals surface area contributed by atoms with E-state index in [-0.39, 0.29) is 4.88 Å². The molecule has 0 radical (unpaired) electrons. The topological polar surface area (TPSA) is 25.8 Å². The highest BCUT2D eigenvalue weighted by Crippen LogP contribution is 2.40. The van der Waals surface area contributed by atoms with Gasteiger partial charge in [-0.1, -0.05) is 127 Å². The van der Waals surface area contributed by atoms with Gasteiger partial charge < -0.3 is 0 Å². The Labute approximate surface area is 301 Å². The Balaban J connectivity index is 1.36. The lowest BCUT2D eigenvalue weighted by Gasteiger charge is -2.13. The van der Waals surface area contributed by atoms with Crippen molar-refractivity contribution in [2.45, 2.75) is 0 Å². The zero-order valence-corrected chi connectivity index (χ0v) is 23.1. The van der Waals surface area contributed by atoms with Gasteiger partial charge in [-0.3, -0.25) is 4.98 Å². The van der Waals surface area contributed by atoms with Crippen LogP contribution in [0, 0.1) is 0 Å². The quantitative estimate of drug-likeness (QED) is 0.184. The summed E-state index contributed by atoms with van der Waals surface area (Å²) in [6.07, 6.45) is -0.745. The minimum atomic E-state index is -0.984. The number of nitrogens with zero attached hydrogens (tertiary/aromatic N) is 2. The fourth-order valence-electron chi connectivity index (χ4n) is 4.76. The van der Waals surface area contributed by atoms with Crippen LogP contribution in [0.2, 0.25) is 0 Å². The summed E-state index contributed by atoms with van der Waals surface area (Å²) in [5.74, 6) is 0. The Morgan fingerprint density at radius 1 is 0.422 bits per heavy atom. The highest BCUT2D eigenvalue weighted by atomic mass is 32.1. The minimum absolute atomic E-state index is 0.347. The predicted molar refractivity (Wildman–Crippen MR) is 192 cm³/mol. The van der Waals surface area contributed by atoms with Crippen molar-refractivity contribution < 1.29 is 35.6 Å². The summed E-state index contributed by atoms with van der Waals surface area (Å²) in [7, 11) is 0. The van der Waals surface area contributed by atoms with E-state index in [1.165, 1.54) is 0 Å². The molecule has 0 fully saturated rings. The summed E-state index contributed by atoms with van der Waals surface area (Å²) in [5.41, 5.74) is -4.76.